The summed E-state index contributed by atoms with van der Waals surface area (Å²) in [4.78, 5) is 19.6. The molecule has 1 aliphatic rings. The molecule has 4 rings (SSSR count). The number of hydrogen-bond donors (Lipinski definition) is 0. The quantitative estimate of drug-likeness (QED) is 0.618. The second kappa shape index (κ2) is 7.79. The highest BCUT2D eigenvalue weighted by Gasteiger charge is 2.19. The highest BCUT2D eigenvalue weighted by atomic mass is 32.1. The monoisotopic (exact) mass is 385 g/mol. The van der Waals surface area contributed by atoms with Crippen LogP contribution in [0.3, 0.4) is 0 Å². The Bertz CT molecular complexity index is 923. The molecule has 1 aliphatic heterocycles. The van der Waals surface area contributed by atoms with Gasteiger partial charge in [-0.15, -0.1) is 11.3 Å². The number of nitrogens with zero attached hydrogens (tertiary/aromatic N) is 3. The molecule has 3 aromatic rings. The third kappa shape index (κ3) is 3.80. The normalized spacial score (nSPS) is 12.3. The van der Waals surface area contributed by atoms with Crippen LogP contribution in [0.1, 0.15) is 28.9 Å². The van der Waals surface area contributed by atoms with Crippen LogP contribution in [0, 0.1) is 0 Å². The Hall–Kier alpha value is -2.87. The Morgan fingerprint density at radius 2 is 2.11 bits per heavy atom. The number of hydrogen-bond acceptors (Lipinski definition) is 7. The molecule has 1 amide bonds. The van der Waals surface area contributed by atoms with E-state index in [4.69, 9.17) is 14.0 Å². The third-order valence-corrected chi connectivity index (χ3v) is 5.06. The Kier molecular flexibility index (Phi) is 5.06. The number of carbonyl (C=O) groups is 1. The maximum absolute atomic E-state index is 12.6. The number of rotatable bonds is 7. The van der Waals surface area contributed by atoms with E-state index in [2.05, 4.69) is 17.1 Å². The smallest absolute Gasteiger partial charge is 0.263 e. The fourth-order valence-electron chi connectivity index (χ4n) is 2.88. The molecule has 8 heteroatoms. The van der Waals surface area contributed by atoms with Gasteiger partial charge in [-0.05, 0) is 36.1 Å². The minimum atomic E-state index is 0.0439. The van der Waals surface area contributed by atoms with E-state index in [-0.39, 0.29) is 12.7 Å². The molecule has 0 saturated carbocycles. The fourth-order valence-corrected chi connectivity index (χ4v) is 3.57. The predicted octanol–water partition coefficient (Wildman–Crippen LogP) is 3.62. The lowest BCUT2D eigenvalue weighted by Crippen LogP contribution is -2.33. The van der Waals surface area contributed by atoms with Gasteiger partial charge in [-0.1, -0.05) is 18.1 Å². The average Bonchev–Trinajstić information content (AvgIpc) is 3.45. The van der Waals surface area contributed by atoms with Gasteiger partial charge in [-0.2, -0.15) is 4.98 Å². The summed E-state index contributed by atoms with van der Waals surface area (Å²) in [5.74, 6) is 2.43. The maximum atomic E-state index is 12.6. The fraction of sp³-hybridized carbons (Fsp3) is 0.316. The first kappa shape index (κ1) is 17.5. The van der Waals surface area contributed by atoms with Gasteiger partial charge >= 0.3 is 0 Å². The first-order chi connectivity index (χ1) is 13.2. The second-order valence-corrected chi connectivity index (χ2v) is 7.05. The van der Waals surface area contributed by atoms with Crippen molar-refractivity contribution in [2.24, 2.45) is 0 Å². The van der Waals surface area contributed by atoms with Crippen molar-refractivity contribution in [1.82, 2.24) is 15.0 Å². The van der Waals surface area contributed by atoms with Gasteiger partial charge in [0.2, 0.25) is 18.5 Å². The summed E-state index contributed by atoms with van der Waals surface area (Å²) < 4.78 is 16.1. The molecule has 3 heterocycles. The Morgan fingerprint density at radius 1 is 1.22 bits per heavy atom. The van der Waals surface area contributed by atoms with Crippen molar-refractivity contribution in [3.05, 3.63) is 46.5 Å². The van der Waals surface area contributed by atoms with Gasteiger partial charge in [-0.25, -0.2) is 0 Å². The van der Waals surface area contributed by atoms with Crippen molar-refractivity contribution < 1.29 is 18.8 Å². The molecular weight excluding hydrogens is 366 g/mol. The molecule has 0 unspecified atom stereocenters. The van der Waals surface area contributed by atoms with Crippen molar-refractivity contribution >= 4 is 17.2 Å². The molecule has 27 heavy (non-hydrogen) atoms. The standard InChI is InChI=1S/C19H19N3O4S/c1-2-8-22(19(23)16-4-3-10-27-16)9-7-17-20-18(21-26-17)13-5-6-14-15(11-13)25-12-24-14/h3-6,10-11H,2,7-9,12H2,1H3. The van der Waals surface area contributed by atoms with E-state index in [9.17, 15) is 4.79 Å². The number of aromatic nitrogens is 2. The summed E-state index contributed by atoms with van der Waals surface area (Å²) in [5, 5.41) is 5.96. The van der Waals surface area contributed by atoms with E-state index in [1.54, 1.807) is 0 Å². The van der Waals surface area contributed by atoms with Crippen molar-refractivity contribution in [3.63, 3.8) is 0 Å². The number of carbonyl (C=O) groups excluding carboxylic acids is 1. The molecule has 0 spiro atoms. The number of ether oxygens (including phenoxy) is 2. The Morgan fingerprint density at radius 3 is 2.93 bits per heavy atom. The molecule has 0 atom stereocenters. The van der Waals surface area contributed by atoms with Crippen LogP contribution in [0.5, 0.6) is 11.5 Å². The molecule has 0 N–H and O–H groups in total. The summed E-state index contributed by atoms with van der Waals surface area (Å²) in [7, 11) is 0. The van der Waals surface area contributed by atoms with E-state index < -0.39 is 0 Å². The number of fused-ring (bicyclic) bond motifs is 1. The van der Waals surface area contributed by atoms with E-state index in [1.807, 2.05) is 40.6 Å². The van der Waals surface area contributed by atoms with Crippen molar-refractivity contribution in [2.45, 2.75) is 19.8 Å². The molecule has 0 saturated heterocycles. The van der Waals surface area contributed by atoms with E-state index in [1.165, 1.54) is 11.3 Å². The predicted molar refractivity (Wildman–Crippen MR) is 100 cm³/mol. The lowest BCUT2D eigenvalue weighted by Gasteiger charge is -2.20. The molecule has 0 aliphatic carbocycles. The number of thiophene rings is 1. The van der Waals surface area contributed by atoms with Crippen molar-refractivity contribution in [1.29, 1.82) is 0 Å². The van der Waals surface area contributed by atoms with Crippen molar-refractivity contribution in [2.75, 3.05) is 19.9 Å². The van der Waals surface area contributed by atoms with Crippen LogP contribution in [0.4, 0.5) is 0 Å². The van der Waals surface area contributed by atoms with Crippen LogP contribution in [-0.4, -0.2) is 40.8 Å². The van der Waals surface area contributed by atoms with Crippen molar-refractivity contribution in [3.8, 4) is 22.9 Å². The third-order valence-electron chi connectivity index (χ3n) is 4.21. The van der Waals surface area contributed by atoms with Gasteiger partial charge in [0.15, 0.2) is 11.5 Å². The van der Waals surface area contributed by atoms with Crippen LogP contribution in [-0.2, 0) is 6.42 Å². The summed E-state index contributed by atoms with van der Waals surface area (Å²) >= 11 is 1.45. The SMILES string of the molecule is CCCN(CCc1nc(-c2ccc3c(c2)OCO3)no1)C(=O)c1cccs1. The van der Waals surface area contributed by atoms with Crippen LogP contribution < -0.4 is 9.47 Å². The second-order valence-electron chi connectivity index (χ2n) is 6.10. The molecule has 0 fully saturated rings. The lowest BCUT2D eigenvalue weighted by molar-refractivity contribution is 0.0759. The van der Waals surface area contributed by atoms with Crippen LogP contribution in [0.15, 0.2) is 40.2 Å². The zero-order chi connectivity index (χ0) is 18.6. The topological polar surface area (TPSA) is 77.7 Å². The lowest BCUT2D eigenvalue weighted by atomic mass is 10.2. The molecule has 0 radical (unpaired) electrons. The minimum absolute atomic E-state index is 0.0439. The summed E-state index contributed by atoms with van der Waals surface area (Å²) in [5.41, 5.74) is 0.800. The minimum Gasteiger partial charge on any atom is -0.454 e. The highest BCUT2D eigenvalue weighted by Crippen LogP contribution is 2.35. The Labute approximate surface area is 160 Å². The zero-order valence-electron chi connectivity index (χ0n) is 14.9. The van der Waals surface area contributed by atoms with E-state index >= 15 is 0 Å². The van der Waals surface area contributed by atoms with Gasteiger partial charge in [0.25, 0.3) is 5.91 Å². The largest absolute Gasteiger partial charge is 0.454 e. The molecule has 140 valence electrons. The first-order valence-electron chi connectivity index (χ1n) is 8.80. The molecular formula is C19H19N3O4S. The van der Waals surface area contributed by atoms with Gasteiger partial charge < -0.3 is 18.9 Å². The average molecular weight is 385 g/mol. The highest BCUT2D eigenvalue weighted by molar-refractivity contribution is 7.12. The molecule has 7 nitrogen and oxygen atoms in total. The van der Waals surface area contributed by atoms with Crippen LogP contribution in [0.25, 0.3) is 11.4 Å². The zero-order valence-corrected chi connectivity index (χ0v) is 15.7. The Balaban J connectivity index is 1.43. The number of amides is 1. The van der Waals surface area contributed by atoms with Gasteiger partial charge in [-0.3, -0.25) is 4.79 Å². The number of benzene rings is 1. The molecule has 1 aromatic carbocycles. The maximum Gasteiger partial charge on any atom is 0.263 e. The van der Waals surface area contributed by atoms with E-state index in [0.29, 0.717) is 42.7 Å². The summed E-state index contributed by atoms with van der Waals surface area (Å²) in [6.07, 6.45) is 1.40. The summed E-state index contributed by atoms with van der Waals surface area (Å²) in [6.45, 7) is 3.51. The molecule has 2 aromatic heterocycles. The summed E-state index contributed by atoms with van der Waals surface area (Å²) in [6, 6.07) is 9.26. The molecule has 0 bridgehead atoms. The first-order valence-corrected chi connectivity index (χ1v) is 9.68. The van der Waals surface area contributed by atoms with Crippen LogP contribution in [0.2, 0.25) is 0 Å². The van der Waals surface area contributed by atoms with Gasteiger partial charge in [0, 0.05) is 25.1 Å². The van der Waals surface area contributed by atoms with Crippen LogP contribution >= 0.6 is 11.3 Å². The van der Waals surface area contributed by atoms with Gasteiger partial charge in [0.05, 0.1) is 4.88 Å². The van der Waals surface area contributed by atoms with E-state index in [0.717, 1.165) is 16.9 Å². The van der Waals surface area contributed by atoms with Gasteiger partial charge in [0.1, 0.15) is 0 Å².